The number of hydrogen-bond donors (Lipinski definition) is 0. The maximum absolute atomic E-state index is 13.3. The highest BCUT2D eigenvalue weighted by atomic mass is 32.2. The fraction of sp³-hybridized carbons (Fsp3) is 0.208. The van der Waals surface area contributed by atoms with Crippen LogP contribution in [0.3, 0.4) is 0 Å². The molecule has 0 saturated carbocycles. The molecule has 3 aromatic rings. The lowest BCUT2D eigenvalue weighted by Gasteiger charge is -2.22. The molecule has 148 valence electrons. The zero-order valence-electron chi connectivity index (χ0n) is 16.5. The number of benzene rings is 3. The van der Waals surface area contributed by atoms with Gasteiger partial charge in [0.2, 0.25) is 5.91 Å². The van der Waals surface area contributed by atoms with Crippen LogP contribution in [0.5, 0.6) is 11.5 Å². The van der Waals surface area contributed by atoms with Gasteiger partial charge in [0.25, 0.3) is 0 Å². The number of carbonyl (C=O) groups excluding carboxylic acids is 1. The lowest BCUT2D eigenvalue weighted by atomic mass is 10.1. The van der Waals surface area contributed by atoms with Crippen molar-refractivity contribution in [2.45, 2.75) is 23.1 Å². The molecular weight excluding hydrogens is 382 g/mol. The number of carbonyl (C=O) groups is 1. The number of hydrogen-bond acceptors (Lipinski definition) is 4. The van der Waals surface area contributed by atoms with E-state index in [1.54, 1.807) is 26.0 Å². The molecular formula is C24H23NO3S. The zero-order valence-corrected chi connectivity index (χ0v) is 17.3. The minimum absolute atomic E-state index is 0.00392. The van der Waals surface area contributed by atoms with Gasteiger partial charge in [0.15, 0.2) is 11.5 Å². The summed E-state index contributed by atoms with van der Waals surface area (Å²) in [5.74, 6) is 1.48. The van der Waals surface area contributed by atoms with Crippen LogP contribution in [0.1, 0.15) is 22.8 Å². The van der Waals surface area contributed by atoms with Crippen LogP contribution in [-0.4, -0.2) is 20.1 Å². The molecule has 0 spiro atoms. The van der Waals surface area contributed by atoms with Crippen molar-refractivity contribution in [1.29, 1.82) is 0 Å². The van der Waals surface area contributed by atoms with E-state index in [0.29, 0.717) is 24.5 Å². The molecule has 0 N–H and O–H groups in total. The van der Waals surface area contributed by atoms with Gasteiger partial charge in [-0.25, -0.2) is 0 Å². The average Bonchev–Trinajstić information content (AvgIpc) is 2.90. The molecule has 0 radical (unpaired) electrons. The molecule has 1 atom stereocenters. The molecule has 0 fully saturated rings. The molecule has 0 saturated heterocycles. The molecule has 29 heavy (non-hydrogen) atoms. The standard InChI is InChI=1S/C24H23NO3S/c1-27-20-13-12-18(14-21(20)28-2)23-15-24(26)25(16-17-8-4-3-5-9-17)19-10-6-7-11-22(19)29-23/h3-14,23H,15-16H2,1-2H3/t23-/m1/s1. The highest BCUT2D eigenvalue weighted by Crippen LogP contribution is 2.47. The Balaban J connectivity index is 1.69. The molecule has 5 heteroatoms. The number of amides is 1. The van der Waals surface area contributed by atoms with Gasteiger partial charge in [-0.3, -0.25) is 4.79 Å². The number of rotatable bonds is 5. The van der Waals surface area contributed by atoms with Crippen molar-refractivity contribution >= 4 is 23.4 Å². The summed E-state index contributed by atoms with van der Waals surface area (Å²) in [5, 5.41) is 0.00392. The summed E-state index contributed by atoms with van der Waals surface area (Å²) in [6.07, 6.45) is 0.418. The van der Waals surface area contributed by atoms with Gasteiger partial charge < -0.3 is 14.4 Å². The number of fused-ring (bicyclic) bond motifs is 1. The summed E-state index contributed by atoms with van der Waals surface area (Å²) >= 11 is 1.72. The van der Waals surface area contributed by atoms with E-state index in [2.05, 4.69) is 18.2 Å². The van der Waals surface area contributed by atoms with Gasteiger partial charge in [-0.15, -0.1) is 11.8 Å². The molecule has 4 rings (SSSR count). The second-order valence-corrected chi connectivity index (χ2v) is 8.10. The van der Waals surface area contributed by atoms with E-state index in [4.69, 9.17) is 9.47 Å². The largest absolute Gasteiger partial charge is 0.493 e. The average molecular weight is 406 g/mol. The van der Waals surface area contributed by atoms with Gasteiger partial charge in [0.05, 0.1) is 26.5 Å². The monoisotopic (exact) mass is 405 g/mol. The fourth-order valence-electron chi connectivity index (χ4n) is 3.56. The second kappa shape index (κ2) is 8.62. The Morgan fingerprint density at radius 1 is 0.931 bits per heavy atom. The van der Waals surface area contributed by atoms with E-state index in [-0.39, 0.29) is 11.2 Å². The van der Waals surface area contributed by atoms with Crippen molar-refractivity contribution in [1.82, 2.24) is 0 Å². The first-order chi connectivity index (χ1) is 14.2. The molecule has 0 aromatic heterocycles. The van der Waals surface area contributed by atoms with Crippen LogP contribution >= 0.6 is 11.8 Å². The van der Waals surface area contributed by atoms with Gasteiger partial charge in [0.1, 0.15) is 0 Å². The maximum atomic E-state index is 13.3. The summed E-state index contributed by atoms with van der Waals surface area (Å²) in [6, 6.07) is 24.1. The maximum Gasteiger partial charge on any atom is 0.228 e. The van der Waals surface area contributed by atoms with Gasteiger partial charge >= 0.3 is 0 Å². The molecule has 1 aliphatic heterocycles. The Labute approximate surface area is 175 Å². The molecule has 4 nitrogen and oxygen atoms in total. The predicted molar refractivity (Wildman–Crippen MR) is 117 cm³/mol. The second-order valence-electron chi connectivity index (χ2n) is 6.86. The van der Waals surface area contributed by atoms with Crippen LogP contribution < -0.4 is 14.4 Å². The first kappa shape index (κ1) is 19.4. The minimum Gasteiger partial charge on any atom is -0.493 e. The number of methoxy groups -OCH3 is 2. The Morgan fingerprint density at radius 2 is 1.66 bits per heavy atom. The molecule has 1 heterocycles. The quantitative estimate of drug-likeness (QED) is 0.564. The van der Waals surface area contributed by atoms with E-state index in [9.17, 15) is 4.79 Å². The summed E-state index contributed by atoms with van der Waals surface area (Å²) in [6.45, 7) is 0.565. The van der Waals surface area contributed by atoms with E-state index in [0.717, 1.165) is 21.7 Å². The van der Waals surface area contributed by atoms with Crippen molar-refractivity contribution in [3.05, 3.63) is 83.9 Å². The third-order valence-corrected chi connectivity index (χ3v) is 6.37. The minimum atomic E-state index is 0.00392. The normalized spacial score (nSPS) is 16.1. The van der Waals surface area contributed by atoms with Gasteiger partial charge in [-0.2, -0.15) is 0 Å². The van der Waals surface area contributed by atoms with Crippen molar-refractivity contribution < 1.29 is 14.3 Å². The predicted octanol–water partition coefficient (Wildman–Crippen LogP) is 5.47. The number of nitrogens with zero attached hydrogens (tertiary/aromatic N) is 1. The van der Waals surface area contributed by atoms with E-state index in [1.165, 1.54) is 0 Å². The van der Waals surface area contributed by atoms with Crippen LogP contribution in [0, 0.1) is 0 Å². The lowest BCUT2D eigenvalue weighted by molar-refractivity contribution is -0.118. The van der Waals surface area contributed by atoms with Gasteiger partial charge in [0, 0.05) is 16.6 Å². The van der Waals surface area contributed by atoms with Crippen molar-refractivity contribution in [3.8, 4) is 11.5 Å². The number of thioether (sulfide) groups is 1. The summed E-state index contributed by atoms with van der Waals surface area (Å²) in [7, 11) is 3.25. The Kier molecular flexibility index (Phi) is 5.76. The SMILES string of the molecule is COc1ccc([C@H]2CC(=O)N(Cc3ccccc3)c3ccccc3S2)cc1OC. The first-order valence-electron chi connectivity index (χ1n) is 9.51. The topological polar surface area (TPSA) is 38.8 Å². The van der Waals surface area contributed by atoms with Crippen LogP contribution in [0.25, 0.3) is 0 Å². The smallest absolute Gasteiger partial charge is 0.228 e. The van der Waals surface area contributed by atoms with E-state index in [1.807, 2.05) is 59.5 Å². The van der Waals surface area contributed by atoms with Crippen LogP contribution in [-0.2, 0) is 11.3 Å². The summed E-state index contributed by atoms with van der Waals surface area (Å²) in [4.78, 5) is 16.3. The molecule has 0 bridgehead atoms. The first-order valence-corrected chi connectivity index (χ1v) is 10.4. The number of para-hydroxylation sites is 1. The zero-order chi connectivity index (χ0) is 20.2. The Morgan fingerprint density at radius 3 is 2.41 bits per heavy atom. The van der Waals surface area contributed by atoms with Gasteiger partial charge in [-0.05, 0) is 35.4 Å². The summed E-state index contributed by atoms with van der Waals surface area (Å²) < 4.78 is 10.8. The Hall–Kier alpha value is -2.92. The molecule has 1 aliphatic rings. The Bertz CT molecular complexity index is 1010. The van der Waals surface area contributed by atoms with Crippen LogP contribution in [0.4, 0.5) is 5.69 Å². The highest BCUT2D eigenvalue weighted by Gasteiger charge is 2.29. The van der Waals surface area contributed by atoms with E-state index >= 15 is 0 Å². The third-order valence-electron chi connectivity index (χ3n) is 5.05. The van der Waals surface area contributed by atoms with Crippen LogP contribution in [0.15, 0.2) is 77.7 Å². The highest BCUT2D eigenvalue weighted by molar-refractivity contribution is 7.99. The molecule has 1 amide bonds. The number of anilines is 1. The van der Waals surface area contributed by atoms with Crippen molar-refractivity contribution in [2.75, 3.05) is 19.1 Å². The third kappa shape index (κ3) is 4.10. The molecule has 3 aromatic carbocycles. The van der Waals surface area contributed by atoms with E-state index < -0.39 is 0 Å². The van der Waals surface area contributed by atoms with Crippen LogP contribution in [0.2, 0.25) is 0 Å². The molecule has 0 aliphatic carbocycles. The van der Waals surface area contributed by atoms with Crippen molar-refractivity contribution in [2.24, 2.45) is 0 Å². The fourth-order valence-corrected chi connectivity index (χ4v) is 4.83. The summed E-state index contributed by atoms with van der Waals surface area (Å²) in [5.41, 5.74) is 3.14. The number of ether oxygens (including phenoxy) is 2. The molecule has 0 unspecified atom stereocenters. The lowest BCUT2D eigenvalue weighted by Crippen LogP contribution is -2.30. The van der Waals surface area contributed by atoms with Crippen molar-refractivity contribution in [3.63, 3.8) is 0 Å². The van der Waals surface area contributed by atoms with Gasteiger partial charge in [-0.1, -0.05) is 48.5 Å².